The van der Waals surface area contributed by atoms with Crippen molar-refractivity contribution in [3.8, 4) is 0 Å². The monoisotopic (exact) mass is 250 g/mol. The van der Waals surface area contributed by atoms with Crippen molar-refractivity contribution in [3.05, 3.63) is 6.20 Å². The van der Waals surface area contributed by atoms with E-state index in [1.165, 1.54) is 10.9 Å². The number of aliphatic hydroxyl groups excluding tert-OH is 1. The number of rotatable bonds is 6. The highest BCUT2D eigenvalue weighted by atomic mass is 32.2. The fourth-order valence-electron chi connectivity index (χ4n) is 1.14. The van der Waals surface area contributed by atoms with Gasteiger partial charge in [0.2, 0.25) is 0 Å². The molecule has 0 aromatic carbocycles. The van der Waals surface area contributed by atoms with Crippen LogP contribution in [0, 0.1) is 0 Å². The summed E-state index contributed by atoms with van der Waals surface area (Å²) >= 11 is 0. The third kappa shape index (κ3) is 3.68. The zero-order valence-electron chi connectivity index (χ0n) is 8.50. The molecule has 0 aliphatic rings. The number of nitrogens with two attached hydrogens (primary N) is 1. The van der Waals surface area contributed by atoms with Crippen LogP contribution in [0.25, 0.3) is 0 Å². The average molecular weight is 250 g/mol. The van der Waals surface area contributed by atoms with Crippen LogP contribution in [0.15, 0.2) is 6.20 Å². The van der Waals surface area contributed by atoms with E-state index in [-0.39, 0.29) is 19.7 Å². The van der Waals surface area contributed by atoms with Gasteiger partial charge in [0.25, 0.3) is 10.1 Å². The van der Waals surface area contributed by atoms with Crippen LogP contribution in [0.2, 0.25) is 0 Å². The zero-order valence-corrected chi connectivity index (χ0v) is 9.31. The van der Waals surface area contributed by atoms with Crippen molar-refractivity contribution in [2.24, 2.45) is 0 Å². The molecule has 1 heterocycles. The Morgan fingerprint density at radius 1 is 1.56 bits per heavy atom. The lowest BCUT2D eigenvalue weighted by molar-refractivity contribution is 0.310. The maximum Gasteiger partial charge on any atom is 0.266 e. The summed E-state index contributed by atoms with van der Waals surface area (Å²) in [5, 5.41) is 15.3. The summed E-state index contributed by atoms with van der Waals surface area (Å²) in [5.74, 6) is -0.0141. The lowest BCUT2D eigenvalue weighted by Gasteiger charge is -2.08. The van der Waals surface area contributed by atoms with E-state index in [2.05, 4.69) is 10.4 Å². The van der Waals surface area contributed by atoms with Gasteiger partial charge in [-0.05, 0) is 0 Å². The molecule has 0 amide bonds. The fraction of sp³-hybridized carbons (Fsp3) is 0.571. The van der Waals surface area contributed by atoms with Gasteiger partial charge in [-0.15, -0.1) is 0 Å². The maximum atomic E-state index is 10.6. The Balaban J connectivity index is 2.72. The molecule has 92 valence electrons. The number of aromatic nitrogens is 2. The summed E-state index contributed by atoms with van der Waals surface area (Å²) < 4.78 is 31.0. The van der Waals surface area contributed by atoms with Crippen molar-refractivity contribution in [1.29, 1.82) is 0 Å². The molecule has 0 saturated heterocycles. The number of aliphatic hydroxyl groups is 1. The van der Waals surface area contributed by atoms with E-state index in [4.69, 9.17) is 15.4 Å². The van der Waals surface area contributed by atoms with Crippen LogP contribution in [-0.4, -0.2) is 46.8 Å². The van der Waals surface area contributed by atoms with Crippen molar-refractivity contribution in [1.82, 2.24) is 9.78 Å². The summed E-state index contributed by atoms with van der Waals surface area (Å²) in [4.78, 5) is 0. The second kappa shape index (κ2) is 5.14. The molecule has 0 atom stereocenters. The van der Waals surface area contributed by atoms with Gasteiger partial charge in [-0.1, -0.05) is 0 Å². The summed E-state index contributed by atoms with van der Waals surface area (Å²) in [6, 6.07) is 0. The summed E-state index contributed by atoms with van der Waals surface area (Å²) in [7, 11) is -4.03. The minimum absolute atomic E-state index is 0.0101. The molecule has 0 bridgehead atoms. The summed E-state index contributed by atoms with van der Waals surface area (Å²) in [5.41, 5.74) is 5.93. The van der Waals surface area contributed by atoms with E-state index in [0.29, 0.717) is 11.5 Å². The molecule has 9 heteroatoms. The highest BCUT2D eigenvalue weighted by Crippen LogP contribution is 2.16. The topological polar surface area (TPSA) is 130 Å². The first-order valence-corrected chi connectivity index (χ1v) is 6.16. The van der Waals surface area contributed by atoms with Crippen molar-refractivity contribution in [2.45, 2.75) is 6.54 Å². The Morgan fingerprint density at radius 2 is 2.25 bits per heavy atom. The van der Waals surface area contributed by atoms with Gasteiger partial charge in [0.15, 0.2) is 0 Å². The second-order valence-corrected chi connectivity index (χ2v) is 4.68. The van der Waals surface area contributed by atoms with Crippen LogP contribution in [-0.2, 0) is 16.7 Å². The molecule has 0 fully saturated rings. The molecule has 0 aliphatic heterocycles. The normalized spacial score (nSPS) is 11.6. The second-order valence-electron chi connectivity index (χ2n) is 3.11. The largest absolute Gasteiger partial charge is 0.395 e. The molecule has 5 N–H and O–H groups in total. The molecular formula is C7H14N4O4S. The smallest absolute Gasteiger partial charge is 0.266 e. The molecule has 8 nitrogen and oxygen atoms in total. The van der Waals surface area contributed by atoms with Crippen LogP contribution in [0.3, 0.4) is 0 Å². The first-order valence-electron chi connectivity index (χ1n) is 4.55. The van der Waals surface area contributed by atoms with Gasteiger partial charge in [0.05, 0.1) is 30.8 Å². The SMILES string of the molecule is Nc1cnn(CCS(=O)(=O)O)c1NCCO. The number of aryl methyl sites for hydroxylation is 1. The Labute approximate surface area is 92.8 Å². The predicted molar refractivity (Wildman–Crippen MR) is 58.6 cm³/mol. The maximum absolute atomic E-state index is 10.6. The molecule has 0 radical (unpaired) electrons. The van der Waals surface area contributed by atoms with Crippen LogP contribution in [0.4, 0.5) is 11.5 Å². The number of hydrogen-bond donors (Lipinski definition) is 4. The minimum atomic E-state index is -4.03. The molecule has 0 spiro atoms. The van der Waals surface area contributed by atoms with Crippen LogP contribution >= 0.6 is 0 Å². The van der Waals surface area contributed by atoms with Gasteiger partial charge >= 0.3 is 0 Å². The first-order chi connectivity index (χ1) is 7.44. The molecule has 16 heavy (non-hydrogen) atoms. The van der Waals surface area contributed by atoms with Crippen LogP contribution < -0.4 is 11.1 Å². The van der Waals surface area contributed by atoms with E-state index < -0.39 is 15.9 Å². The van der Waals surface area contributed by atoms with Gasteiger partial charge in [0, 0.05) is 6.54 Å². The molecule has 1 aromatic heterocycles. The molecule has 1 rings (SSSR count). The van der Waals surface area contributed by atoms with Crippen LogP contribution in [0.1, 0.15) is 0 Å². The quantitative estimate of drug-likeness (QED) is 0.464. The average Bonchev–Trinajstić information content (AvgIpc) is 2.52. The number of nitrogens with zero attached hydrogens (tertiary/aromatic N) is 2. The molecule has 0 unspecified atom stereocenters. The van der Waals surface area contributed by atoms with E-state index in [1.807, 2.05) is 0 Å². The highest BCUT2D eigenvalue weighted by Gasteiger charge is 2.11. The van der Waals surface area contributed by atoms with Crippen LogP contribution in [0.5, 0.6) is 0 Å². The number of nitrogens with one attached hydrogen (secondary N) is 1. The first kappa shape index (κ1) is 12.7. The Bertz CT molecular complexity index is 441. The van der Waals surface area contributed by atoms with Crippen molar-refractivity contribution >= 4 is 21.6 Å². The number of nitrogen functional groups attached to an aromatic ring is 1. The lowest BCUT2D eigenvalue weighted by Crippen LogP contribution is -2.17. The van der Waals surface area contributed by atoms with E-state index in [9.17, 15) is 8.42 Å². The van der Waals surface area contributed by atoms with Gasteiger partial charge in [0.1, 0.15) is 5.82 Å². The van der Waals surface area contributed by atoms with Gasteiger partial charge in [-0.3, -0.25) is 4.55 Å². The van der Waals surface area contributed by atoms with E-state index in [0.717, 1.165) is 0 Å². The number of hydrogen-bond acceptors (Lipinski definition) is 6. The van der Waals surface area contributed by atoms with Gasteiger partial charge in [-0.25, -0.2) is 4.68 Å². The number of anilines is 2. The van der Waals surface area contributed by atoms with E-state index >= 15 is 0 Å². The Kier molecular flexibility index (Phi) is 4.10. The zero-order chi connectivity index (χ0) is 12.2. The fourth-order valence-corrected chi connectivity index (χ4v) is 1.54. The Morgan fingerprint density at radius 3 is 2.81 bits per heavy atom. The molecule has 1 aromatic rings. The van der Waals surface area contributed by atoms with Gasteiger partial charge in [-0.2, -0.15) is 13.5 Å². The molecule has 0 saturated carbocycles. The summed E-state index contributed by atoms with van der Waals surface area (Å²) in [6.45, 7) is 0.189. The van der Waals surface area contributed by atoms with Crippen molar-refractivity contribution in [2.75, 3.05) is 30.0 Å². The highest BCUT2D eigenvalue weighted by molar-refractivity contribution is 7.85. The Hall–Kier alpha value is -1.32. The minimum Gasteiger partial charge on any atom is -0.395 e. The van der Waals surface area contributed by atoms with Crippen molar-refractivity contribution in [3.63, 3.8) is 0 Å². The van der Waals surface area contributed by atoms with Gasteiger partial charge < -0.3 is 16.2 Å². The molecule has 0 aliphatic carbocycles. The molecular weight excluding hydrogens is 236 g/mol. The van der Waals surface area contributed by atoms with E-state index in [1.54, 1.807) is 0 Å². The van der Waals surface area contributed by atoms with Crippen molar-refractivity contribution < 1.29 is 18.1 Å². The summed E-state index contributed by atoms with van der Waals surface area (Å²) in [6.07, 6.45) is 1.36. The predicted octanol–water partition coefficient (Wildman–Crippen LogP) is -1.24. The standard InChI is InChI=1S/C7H14N4O4S/c8-6-5-10-11(2-4-16(13,14)15)7(6)9-1-3-12/h5,9,12H,1-4,8H2,(H,13,14,15). The third-order valence-corrected chi connectivity index (χ3v) is 2.53. The lowest BCUT2D eigenvalue weighted by atomic mass is 10.5. The third-order valence-electron chi connectivity index (χ3n) is 1.83.